The summed E-state index contributed by atoms with van der Waals surface area (Å²) in [5.41, 5.74) is 1.82. The number of hydrogen-bond acceptors (Lipinski definition) is 6. The SMILES string of the molecule is O=C(COc1ncnc2ccccc12)N1CCCC[C@@H]1c1ncc(Cc2cccc(Cl)c2)o1. The molecule has 33 heavy (non-hydrogen) atoms. The molecule has 5 rings (SSSR count). The maximum atomic E-state index is 13.1. The van der Waals surface area contributed by atoms with Gasteiger partial charge in [0.25, 0.3) is 5.91 Å². The van der Waals surface area contributed by atoms with Crippen LogP contribution in [0.15, 0.2) is 65.5 Å². The summed E-state index contributed by atoms with van der Waals surface area (Å²) >= 11 is 6.09. The van der Waals surface area contributed by atoms with Gasteiger partial charge in [-0.25, -0.2) is 15.0 Å². The molecule has 2 aromatic carbocycles. The van der Waals surface area contributed by atoms with Gasteiger partial charge in [-0.1, -0.05) is 35.9 Å². The maximum Gasteiger partial charge on any atom is 0.261 e. The molecule has 7 nitrogen and oxygen atoms in total. The Bertz CT molecular complexity index is 1270. The first-order valence-electron chi connectivity index (χ1n) is 11.0. The number of para-hydroxylation sites is 1. The van der Waals surface area contributed by atoms with Gasteiger partial charge in [0.2, 0.25) is 11.8 Å². The van der Waals surface area contributed by atoms with E-state index < -0.39 is 0 Å². The first-order valence-corrected chi connectivity index (χ1v) is 11.4. The number of hydrogen-bond donors (Lipinski definition) is 0. The van der Waals surface area contributed by atoms with Crippen LogP contribution in [-0.2, 0) is 11.2 Å². The molecule has 1 aliphatic rings. The molecule has 0 radical (unpaired) electrons. The van der Waals surface area contributed by atoms with Gasteiger partial charge < -0.3 is 14.1 Å². The lowest BCUT2D eigenvalue weighted by Gasteiger charge is -2.33. The quantitative estimate of drug-likeness (QED) is 0.401. The molecule has 1 aliphatic heterocycles. The van der Waals surface area contributed by atoms with Crippen LogP contribution in [0.1, 0.15) is 42.5 Å². The summed E-state index contributed by atoms with van der Waals surface area (Å²) in [6.07, 6.45) is 6.53. The highest BCUT2D eigenvalue weighted by atomic mass is 35.5. The van der Waals surface area contributed by atoms with Gasteiger partial charge in [0.15, 0.2) is 6.61 Å². The van der Waals surface area contributed by atoms with E-state index in [9.17, 15) is 4.79 Å². The molecule has 1 saturated heterocycles. The van der Waals surface area contributed by atoms with Gasteiger partial charge in [0.1, 0.15) is 18.1 Å². The minimum atomic E-state index is -0.204. The van der Waals surface area contributed by atoms with E-state index in [1.165, 1.54) is 6.33 Å². The maximum absolute atomic E-state index is 13.1. The number of piperidine rings is 1. The second-order valence-corrected chi connectivity index (χ2v) is 8.49. The molecule has 0 saturated carbocycles. The normalized spacial score (nSPS) is 16.2. The van der Waals surface area contributed by atoms with Crippen LogP contribution in [0, 0.1) is 0 Å². The first-order chi connectivity index (χ1) is 16.2. The monoisotopic (exact) mass is 462 g/mol. The summed E-state index contributed by atoms with van der Waals surface area (Å²) in [5.74, 6) is 1.60. The number of nitrogens with zero attached hydrogens (tertiary/aromatic N) is 4. The predicted octanol–water partition coefficient (Wildman–Crippen LogP) is 4.99. The third kappa shape index (κ3) is 4.83. The molecule has 2 aromatic heterocycles. The molecule has 1 amide bonds. The fourth-order valence-corrected chi connectivity index (χ4v) is 4.41. The van der Waals surface area contributed by atoms with E-state index in [-0.39, 0.29) is 18.6 Å². The van der Waals surface area contributed by atoms with Crippen molar-refractivity contribution < 1.29 is 13.9 Å². The molecule has 0 aliphatic carbocycles. The summed E-state index contributed by atoms with van der Waals surface area (Å²) in [6, 6.07) is 15.0. The Kier molecular flexibility index (Phi) is 6.21. The van der Waals surface area contributed by atoms with Crippen LogP contribution < -0.4 is 4.74 Å². The topological polar surface area (TPSA) is 81.4 Å². The molecule has 8 heteroatoms. The van der Waals surface area contributed by atoms with Crippen molar-refractivity contribution in [2.45, 2.75) is 31.7 Å². The standard InChI is InChI=1S/C25H23ClN4O3/c26-18-7-5-6-17(12-18)13-19-14-27-25(33-19)22-10-3-4-11-30(22)23(31)15-32-24-20-8-1-2-9-21(20)28-16-29-24/h1-2,5-9,12,14,16,22H,3-4,10-11,13,15H2/t22-/m1/s1. The minimum Gasteiger partial charge on any atom is -0.467 e. The van der Waals surface area contributed by atoms with Crippen molar-refractivity contribution in [3.63, 3.8) is 0 Å². The molecule has 1 fully saturated rings. The summed E-state index contributed by atoms with van der Waals surface area (Å²) in [5, 5.41) is 1.47. The van der Waals surface area contributed by atoms with Crippen molar-refractivity contribution in [3.8, 4) is 5.88 Å². The Morgan fingerprint density at radius 2 is 2.03 bits per heavy atom. The summed E-state index contributed by atoms with van der Waals surface area (Å²) in [7, 11) is 0. The van der Waals surface area contributed by atoms with Gasteiger partial charge >= 0.3 is 0 Å². The number of benzene rings is 2. The third-order valence-corrected chi connectivity index (χ3v) is 6.02. The van der Waals surface area contributed by atoms with Crippen molar-refractivity contribution in [3.05, 3.63) is 83.3 Å². The number of carbonyl (C=O) groups excluding carboxylic acids is 1. The fourth-order valence-electron chi connectivity index (χ4n) is 4.20. The molecular formula is C25H23ClN4O3. The van der Waals surface area contributed by atoms with Gasteiger partial charge in [0, 0.05) is 18.0 Å². The number of likely N-dealkylation sites (tertiary alicyclic amines) is 1. The highest BCUT2D eigenvalue weighted by molar-refractivity contribution is 6.30. The summed E-state index contributed by atoms with van der Waals surface area (Å²) in [4.78, 5) is 27.8. The Hall–Kier alpha value is -3.45. The van der Waals surface area contributed by atoms with Gasteiger partial charge in [-0.15, -0.1) is 0 Å². The highest BCUT2D eigenvalue weighted by Gasteiger charge is 2.31. The van der Waals surface area contributed by atoms with Gasteiger partial charge in [0.05, 0.1) is 17.1 Å². The zero-order valence-electron chi connectivity index (χ0n) is 18.0. The Labute approximate surface area is 196 Å². The van der Waals surface area contributed by atoms with Crippen LogP contribution in [0.5, 0.6) is 5.88 Å². The second kappa shape index (κ2) is 9.58. The zero-order chi connectivity index (χ0) is 22.6. The number of carbonyl (C=O) groups is 1. The summed E-state index contributed by atoms with van der Waals surface area (Å²) in [6.45, 7) is 0.539. The van der Waals surface area contributed by atoms with Crippen LogP contribution >= 0.6 is 11.6 Å². The van der Waals surface area contributed by atoms with Crippen molar-refractivity contribution in [1.29, 1.82) is 0 Å². The second-order valence-electron chi connectivity index (χ2n) is 8.05. The molecule has 1 atom stereocenters. The molecule has 0 spiro atoms. The van der Waals surface area contributed by atoms with Crippen LogP contribution in [0.2, 0.25) is 5.02 Å². The van der Waals surface area contributed by atoms with E-state index >= 15 is 0 Å². The van der Waals surface area contributed by atoms with Crippen molar-refractivity contribution >= 4 is 28.4 Å². The number of ether oxygens (including phenoxy) is 1. The summed E-state index contributed by atoms with van der Waals surface area (Å²) < 4.78 is 11.9. The Morgan fingerprint density at radius 3 is 2.94 bits per heavy atom. The Balaban J connectivity index is 1.28. The lowest BCUT2D eigenvalue weighted by molar-refractivity contribution is -0.137. The average molecular weight is 463 g/mol. The van der Waals surface area contributed by atoms with E-state index in [2.05, 4.69) is 15.0 Å². The fraction of sp³-hybridized carbons (Fsp3) is 0.280. The van der Waals surface area contributed by atoms with E-state index in [1.54, 1.807) is 6.20 Å². The molecule has 0 unspecified atom stereocenters. The van der Waals surface area contributed by atoms with Crippen molar-refractivity contribution in [2.24, 2.45) is 0 Å². The van der Waals surface area contributed by atoms with Crippen LogP contribution in [-0.4, -0.2) is 38.9 Å². The molecule has 168 valence electrons. The number of aromatic nitrogens is 3. The van der Waals surface area contributed by atoms with Crippen LogP contribution in [0.3, 0.4) is 0 Å². The number of oxazole rings is 1. The zero-order valence-corrected chi connectivity index (χ0v) is 18.7. The number of fused-ring (bicyclic) bond motifs is 1. The molecular weight excluding hydrogens is 440 g/mol. The largest absolute Gasteiger partial charge is 0.467 e. The Morgan fingerprint density at radius 1 is 1.12 bits per heavy atom. The van der Waals surface area contributed by atoms with Gasteiger partial charge in [-0.2, -0.15) is 0 Å². The molecule has 3 heterocycles. The van der Waals surface area contributed by atoms with E-state index in [0.717, 1.165) is 41.5 Å². The third-order valence-electron chi connectivity index (χ3n) is 5.79. The lowest BCUT2D eigenvalue weighted by Crippen LogP contribution is -2.41. The van der Waals surface area contributed by atoms with E-state index in [1.807, 2.05) is 53.4 Å². The average Bonchev–Trinajstić information content (AvgIpc) is 3.31. The molecule has 4 aromatic rings. The van der Waals surface area contributed by atoms with Gasteiger partial charge in [-0.3, -0.25) is 4.79 Å². The van der Waals surface area contributed by atoms with Crippen LogP contribution in [0.25, 0.3) is 10.9 Å². The number of rotatable bonds is 6. The smallest absolute Gasteiger partial charge is 0.261 e. The first kappa shape index (κ1) is 21.4. The van der Waals surface area contributed by atoms with Crippen molar-refractivity contribution in [2.75, 3.05) is 13.2 Å². The predicted molar refractivity (Wildman–Crippen MR) is 124 cm³/mol. The van der Waals surface area contributed by atoms with E-state index in [0.29, 0.717) is 29.8 Å². The highest BCUT2D eigenvalue weighted by Crippen LogP contribution is 2.31. The van der Waals surface area contributed by atoms with Crippen molar-refractivity contribution in [1.82, 2.24) is 19.9 Å². The molecule has 0 N–H and O–H groups in total. The minimum absolute atomic E-state index is 0.104. The lowest BCUT2D eigenvalue weighted by atomic mass is 10.0. The van der Waals surface area contributed by atoms with E-state index in [4.69, 9.17) is 20.8 Å². The number of halogens is 1. The number of amides is 1. The molecule has 0 bridgehead atoms. The van der Waals surface area contributed by atoms with Gasteiger partial charge in [-0.05, 0) is 49.1 Å². The van der Waals surface area contributed by atoms with Crippen LogP contribution in [0.4, 0.5) is 0 Å².